The van der Waals surface area contributed by atoms with Crippen molar-refractivity contribution >= 4 is 9.84 Å². The third-order valence-corrected chi connectivity index (χ3v) is 7.55. The molecule has 1 heterocycles. The molecule has 96 valence electrons. The largest absolute Gasteiger partial charge is 0.358 e. The molecule has 0 spiro atoms. The maximum absolute atomic E-state index is 12.7. The topological polar surface area (TPSA) is 43.4 Å². The van der Waals surface area contributed by atoms with E-state index in [2.05, 4.69) is 0 Å². The van der Waals surface area contributed by atoms with Crippen molar-refractivity contribution in [2.75, 3.05) is 7.11 Å². The first kappa shape index (κ1) is 11.7. The third-order valence-electron chi connectivity index (χ3n) is 4.75. The molecule has 0 amide bonds. The fourth-order valence-electron chi connectivity index (χ4n) is 3.96. The molecule has 3 rings (SSSR count). The van der Waals surface area contributed by atoms with Crippen molar-refractivity contribution in [3.8, 4) is 0 Å². The first-order valence-electron chi connectivity index (χ1n) is 6.64. The second-order valence-electron chi connectivity index (χ2n) is 5.45. The van der Waals surface area contributed by atoms with Crippen LogP contribution in [0.2, 0.25) is 0 Å². The molecular formula is C13H20O3S. The van der Waals surface area contributed by atoms with Gasteiger partial charge in [-0.15, -0.1) is 0 Å². The van der Waals surface area contributed by atoms with Gasteiger partial charge in [-0.2, -0.15) is 0 Å². The molecule has 0 aromatic rings. The van der Waals surface area contributed by atoms with Gasteiger partial charge in [0.1, 0.15) is 0 Å². The molecule has 17 heavy (non-hydrogen) atoms. The highest BCUT2D eigenvalue weighted by atomic mass is 32.2. The first-order chi connectivity index (χ1) is 8.13. The van der Waals surface area contributed by atoms with Crippen molar-refractivity contribution in [2.24, 2.45) is 0 Å². The number of sulfone groups is 1. The summed E-state index contributed by atoms with van der Waals surface area (Å²) < 4.78 is 31.1. The summed E-state index contributed by atoms with van der Waals surface area (Å²) in [4.78, 5) is -0.935. The number of hydrogen-bond donors (Lipinski definition) is 0. The minimum Gasteiger partial charge on any atom is -0.358 e. The molecule has 0 N–H and O–H groups in total. The highest BCUT2D eigenvalue weighted by Gasteiger charge is 2.59. The normalized spacial score (nSPS) is 39.9. The van der Waals surface area contributed by atoms with Gasteiger partial charge in [-0.25, -0.2) is 8.42 Å². The molecule has 0 aromatic carbocycles. The second-order valence-corrected chi connectivity index (χ2v) is 7.77. The van der Waals surface area contributed by atoms with Crippen molar-refractivity contribution in [3.05, 3.63) is 11.1 Å². The summed E-state index contributed by atoms with van der Waals surface area (Å²) in [6.45, 7) is 0. The van der Waals surface area contributed by atoms with Crippen LogP contribution >= 0.6 is 0 Å². The van der Waals surface area contributed by atoms with Gasteiger partial charge < -0.3 is 4.74 Å². The van der Waals surface area contributed by atoms with Gasteiger partial charge in [0.2, 0.25) is 0 Å². The average molecular weight is 256 g/mol. The fourth-order valence-corrected chi connectivity index (χ4v) is 6.77. The molecule has 2 saturated carbocycles. The molecule has 2 atom stereocenters. The summed E-state index contributed by atoms with van der Waals surface area (Å²) in [5.74, 6) is 0. The Hall–Kier alpha value is -0.350. The minimum absolute atomic E-state index is 0.218. The lowest BCUT2D eigenvalue weighted by Crippen LogP contribution is -2.43. The Kier molecular flexibility index (Phi) is 2.63. The van der Waals surface area contributed by atoms with E-state index >= 15 is 0 Å². The van der Waals surface area contributed by atoms with Crippen molar-refractivity contribution in [3.63, 3.8) is 0 Å². The predicted molar refractivity (Wildman–Crippen MR) is 66.4 cm³/mol. The van der Waals surface area contributed by atoms with Crippen molar-refractivity contribution in [1.29, 1.82) is 0 Å². The Balaban J connectivity index is 2.18. The molecule has 0 saturated heterocycles. The smallest absolute Gasteiger partial charge is 0.190 e. The molecule has 3 aliphatic rings. The number of methoxy groups -OCH3 is 1. The van der Waals surface area contributed by atoms with Crippen LogP contribution in [0.1, 0.15) is 51.4 Å². The van der Waals surface area contributed by atoms with Gasteiger partial charge in [0, 0.05) is 7.11 Å². The van der Waals surface area contributed by atoms with Crippen LogP contribution in [0.4, 0.5) is 0 Å². The quantitative estimate of drug-likeness (QED) is 0.677. The van der Waals surface area contributed by atoms with Crippen LogP contribution in [0.15, 0.2) is 11.1 Å². The number of hydrogen-bond acceptors (Lipinski definition) is 3. The zero-order valence-corrected chi connectivity index (χ0v) is 11.2. The fraction of sp³-hybridized carbons (Fsp3) is 0.846. The molecule has 2 fully saturated rings. The van der Waals surface area contributed by atoms with E-state index in [1.165, 1.54) is 5.57 Å². The maximum atomic E-state index is 12.7. The average Bonchev–Trinajstić information content (AvgIpc) is 2.57. The zero-order chi connectivity index (χ0) is 12.1. The number of ether oxygens (including phenoxy) is 1. The van der Waals surface area contributed by atoms with Crippen LogP contribution in [0.25, 0.3) is 0 Å². The van der Waals surface area contributed by atoms with Gasteiger partial charge in [0.25, 0.3) is 0 Å². The molecule has 4 heteroatoms. The zero-order valence-electron chi connectivity index (χ0n) is 10.4. The van der Waals surface area contributed by atoms with Gasteiger partial charge in [0.15, 0.2) is 14.8 Å². The van der Waals surface area contributed by atoms with E-state index in [9.17, 15) is 8.42 Å². The minimum atomic E-state index is -3.16. The molecule has 0 bridgehead atoms. The van der Waals surface area contributed by atoms with Crippen molar-refractivity contribution < 1.29 is 13.2 Å². The Morgan fingerprint density at radius 3 is 2.71 bits per heavy atom. The third kappa shape index (κ3) is 1.34. The number of rotatable bonds is 1. The SMILES string of the molecule is COC12CCCCC1=C1CCCCC1S2(=O)=O. The summed E-state index contributed by atoms with van der Waals surface area (Å²) >= 11 is 0. The van der Waals surface area contributed by atoms with Gasteiger partial charge in [0.05, 0.1) is 5.25 Å². The second kappa shape index (κ2) is 3.82. The Morgan fingerprint density at radius 2 is 1.94 bits per heavy atom. The van der Waals surface area contributed by atoms with E-state index in [1.54, 1.807) is 7.11 Å². The highest BCUT2D eigenvalue weighted by molar-refractivity contribution is 7.94. The molecule has 0 aromatic heterocycles. The van der Waals surface area contributed by atoms with E-state index in [4.69, 9.17) is 4.74 Å². The summed E-state index contributed by atoms with van der Waals surface area (Å²) in [5.41, 5.74) is 2.36. The molecule has 1 aliphatic heterocycles. The van der Waals surface area contributed by atoms with Gasteiger partial charge in [-0.1, -0.05) is 6.42 Å². The van der Waals surface area contributed by atoms with E-state index < -0.39 is 14.8 Å². The summed E-state index contributed by atoms with van der Waals surface area (Å²) in [5, 5.41) is -0.218. The van der Waals surface area contributed by atoms with Crippen LogP contribution in [0, 0.1) is 0 Å². The van der Waals surface area contributed by atoms with E-state index in [0.717, 1.165) is 50.5 Å². The number of fused-ring (bicyclic) bond motifs is 2. The van der Waals surface area contributed by atoms with E-state index in [-0.39, 0.29) is 5.25 Å². The monoisotopic (exact) mass is 256 g/mol. The Labute approximate surface area is 103 Å². The molecule has 3 nitrogen and oxygen atoms in total. The van der Waals surface area contributed by atoms with Crippen LogP contribution in [0.5, 0.6) is 0 Å². The van der Waals surface area contributed by atoms with Crippen molar-refractivity contribution in [2.45, 2.75) is 61.5 Å². The summed E-state index contributed by atoms with van der Waals surface area (Å²) in [6.07, 6.45) is 7.66. The van der Waals surface area contributed by atoms with Crippen molar-refractivity contribution in [1.82, 2.24) is 0 Å². The first-order valence-corrected chi connectivity index (χ1v) is 8.19. The maximum Gasteiger partial charge on any atom is 0.190 e. The van der Waals surface area contributed by atoms with Crippen LogP contribution in [-0.2, 0) is 14.6 Å². The molecule has 0 radical (unpaired) electrons. The highest BCUT2D eigenvalue weighted by Crippen LogP contribution is 2.53. The van der Waals surface area contributed by atoms with Gasteiger partial charge in [-0.3, -0.25) is 0 Å². The van der Waals surface area contributed by atoms with Crippen LogP contribution in [0.3, 0.4) is 0 Å². The molecule has 2 aliphatic carbocycles. The van der Waals surface area contributed by atoms with Gasteiger partial charge >= 0.3 is 0 Å². The lowest BCUT2D eigenvalue weighted by atomic mass is 9.83. The summed E-state index contributed by atoms with van der Waals surface area (Å²) in [6, 6.07) is 0. The van der Waals surface area contributed by atoms with Crippen LogP contribution in [-0.4, -0.2) is 25.7 Å². The Morgan fingerprint density at radius 1 is 1.18 bits per heavy atom. The molecule has 2 unspecified atom stereocenters. The van der Waals surface area contributed by atoms with Gasteiger partial charge in [-0.05, 0) is 56.1 Å². The Bertz CT molecular complexity index is 463. The lowest BCUT2D eigenvalue weighted by Gasteiger charge is -2.34. The van der Waals surface area contributed by atoms with E-state index in [1.807, 2.05) is 0 Å². The molecular weight excluding hydrogens is 236 g/mol. The lowest BCUT2D eigenvalue weighted by molar-refractivity contribution is 0.0718. The van der Waals surface area contributed by atoms with E-state index in [0.29, 0.717) is 6.42 Å². The standard InChI is InChI=1S/C13H20O3S/c1-16-13-9-5-4-7-11(13)10-6-2-3-8-12(10)17(13,14)15/h12H,2-9H2,1H3. The van der Waals surface area contributed by atoms with Crippen LogP contribution < -0.4 is 0 Å². The summed E-state index contributed by atoms with van der Waals surface area (Å²) in [7, 11) is -1.59. The predicted octanol–water partition coefficient (Wildman–Crippen LogP) is 2.57.